The van der Waals surface area contributed by atoms with Crippen LogP contribution in [0.3, 0.4) is 0 Å². The number of aliphatic hydroxyl groups is 5. The van der Waals surface area contributed by atoms with Crippen molar-refractivity contribution in [2.75, 3.05) is 6.61 Å². The molecule has 0 amide bonds. The van der Waals surface area contributed by atoms with Crippen LogP contribution in [-0.2, 0) is 18.9 Å². The molecule has 24 heavy (non-hydrogen) atoms. The van der Waals surface area contributed by atoms with Gasteiger partial charge in [0.15, 0.2) is 25.2 Å². The van der Waals surface area contributed by atoms with Crippen molar-refractivity contribution in [3.05, 3.63) is 12.2 Å². The van der Waals surface area contributed by atoms with E-state index in [1.54, 1.807) is 0 Å². The van der Waals surface area contributed by atoms with Crippen LogP contribution in [0.25, 0.3) is 0 Å². The maximum Gasteiger partial charge on any atom is 0.189 e. The van der Waals surface area contributed by atoms with Crippen molar-refractivity contribution >= 4 is 0 Å². The molecule has 0 spiro atoms. The maximum atomic E-state index is 10.1. The van der Waals surface area contributed by atoms with Crippen molar-refractivity contribution in [2.45, 2.75) is 56.0 Å². The molecule has 4 bridgehead atoms. The lowest BCUT2D eigenvalue weighted by Crippen LogP contribution is -2.60. The first kappa shape index (κ1) is 16.8. The van der Waals surface area contributed by atoms with E-state index in [0.29, 0.717) is 6.42 Å². The summed E-state index contributed by atoms with van der Waals surface area (Å²) in [5, 5.41) is 49.1. The van der Waals surface area contributed by atoms with Crippen LogP contribution in [-0.4, -0.2) is 81.7 Å². The van der Waals surface area contributed by atoms with Gasteiger partial charge in [-0.2, -0.15) is 0 Å². The Morgan fingerprint density at radius 1 is 0.917 bits per heavy atom. The number of hydrogen-bond donors (Lipinski definition) is 5. The Balaban J connectivity index is 1.51. The molecule has 4 heterocycles. The van der Waals surface area contributed by atoms with Crippen LogP contribution < -0.4 is 0 Å². The van der Waals surface area contributed by atoms with E-state index < -0.39 is 56.2 Å². The molecular formula is C15H22O9. The van der Waals surface area contributed by atoms with Gasteiger partial charge < -0.3 is 44.5 Å². The number of ether oxygens (including phenoxy) is 4. The second kappa shape index (κ2) is 6.27. The highest BCUT2D eigenvalue weighted by Gasteiger charge is 2.54. The van der Waals surface area contributed by atoms with Gasteiger partial charge in [0.05, 0.1) is 6.61 Å². The third-order valence-electron chi connectivity index (χ3n) is 5.32. The van der Waals surface area contributed by atoms with Crippen molar-refractivity contribution in [3.8, 4) is 0 Å². The van der Waals surface area contributed by atoms with Gasteiger partial charge in [0.2, 0.25) is 0 Å². The third kappa shape index (κ3) is 2.61. The van der Waals surface area contributed by atoms with Gasteiger partial charge >= 0.3 is 0 Å². The van der Waals surface area contributed by atoms with Crippen LogP contribution in [0.1, 0.15) is 6.42 Å². The molecule has 5 rings (SSSR count). The number of rotatable bonds is 3. The first-order valence-electron chi connectivity index (χ1n) is 8.13. The van der Waals surface area contributed by atoms with Crippen LogP contribution in [0.2, 0.25) is 0 Å². The zero-order valence-electron chi connectivity index (χ0n) is 12.8. The zero-order chi connectivity index (χ0) is 17.0. The summed E-state index contributed by atoms with van der Waals surface area (Å²) in [6, 6.07) is 0. The third-order valence-corrected chi connectivity index (χ3v) is 5.32. The van der Waals surface area contributed by atoms with Gasteiger partial charge in [0.25, 0.3) is 0 Å². The average Bonchev–Trinajstić information content (AvgIpc) is 2.88. The summed E-state index contributed by atoms with van der Waals surface area (Å²) >= 11 is 0. The Hall–Kier alpha value is -0.620. The van der Waals surface area contributed by atoms with Gasteiger partial charge in [0.1, 0.15) is 24.4 Å². The summed E-state index contributed by atoms with van der Waals surface area (Å²) < 4.78 is 22.2. The van der Waals surface area contributed by atoms with Crippen molar-refractivity contribution < 1.29 is 44.5 Å². The SMILES string of the molecule is OC[C@H]1O[C@@H](O[C@@H]2O[C@H]3C[C@H]4C=CC([C@@H]24)[C@@H](O)O3)[C@H](O)[C@@H](O)[C@@H]1O. The van der Waals surface area contributed by atoms with Gasteiger partial charge in [-0.25, -0.2) is 0 Å². The topological polar surface area (TPSA) is 138 Å². The van der Waals surface area contributed by atoms with E-state index in [4.69, 9.17) is 18.9 Å². The Bertz CT molecular complexity index is 497. The first-order chi connectivity index (χ1) is 11.5. The molecule has 4 fully saturated rings. The molecule has 136 valence electrons. The monoisotopic (exact) mass is 346 g/mol. The van der Waals surface area contributed by atoms with E-state index in [-0.39, 0.29) is 17.8 Å². The Morgan fingerprint density at radius 2 is 1.71 bits per heavy atom. The Morgan fingerprint density at radius 3 is 2.46 bits per heavy atom. The molecule has 0 saturated carbocycles. The normalized spacial score (nSPS) is 56.5. The van der Waals surface area contributed by atoms with Crippen molar-refractivity contribution in [2.24, 2.45) is 17.8 Å². The van der Waals surface area contributed by atoms with E-state index >= 15 is 0 Å². The fourth-order valence-electron chi connectivity index (χ4n) is 4.00. The predicted octanol–water partition coefficient (Wildman–Crippen LogP) is -2.36. The minimum atomic E-state index is -1.51. The fourth-order valence-corrected chi connectivity index (χ4v) is 4.00. The molecule has 5 aliphatic rings. The molecule has 4 saturated heterocycles. The molecule has 0 radical (unpaired) electrons. The zero-order valence-corrected chi connectivity index (χ0v) is 12.8. The van der Waals surface area contributed by atoms with Crippen LogP contribution >= 0.6 is 0 Å². The fraction of sp³-hybridized carbons (Fsp3) is 0.867. The standard InChI is InChI=1S/C15H22O9/c16-4-7-10(17)11(18)12(19)15(21-7)24-14-9-5-1-2-6(9)13(20)22-8(3-5)23-14/h1-2,5-20H,3-4H2/t5-,6?,7-,8+,9+,10-,11+,12-,13+,14+,15+/m1/s1. The summed E-state index contributed by atoms with van der Waals surface area (Å²) in [6.07, 6.45) is -4.75. The molecule has 0 aromatic carbocycles. The minimum absolute atomic E-state index is 0.112. The smallest absolute Gasteiger partial charge is 0.189 e. The molecule has 9 nitrogen and oxygen atoms in total. The van der Waals surface area contributed by atoms with E-state index in [9.17, 15) is 25.5 Å². The molecule has 0 aromatic heterocycles. The van der Waals surface area contributed by atoms with E-state index in [2.05, 4.69) is 0 Å². The maximum absolute atomic E-state index is 10.1. The van der Waals surface area contributed by atoms with Crippen LogP contribution in [0.5, 0.6) is 0 Å². The lowest BCUT2D eigenvalue weighted by atomic mass is 9.84. The largest absolute Gasteiger partial charge is 0.394 e. The lowest BCUT2D eigenvalue weighted by Gasteiger charge is -2.43. The van der Waals surface area contributed by atoms with Crippen molar-refractivity contribution in [1.82, 2.24) is 0 Å². The highest BCUT2D eigenvalue weighted by atomic mass is 16.8. The number of allylic oxidation sites excluding steroid dienone is 1. The number of fused-ring (bicyclic) bond motifs is 2. The molecule has 1 unspecified atom stereocenters. The van der Waals surface area contributed by atoms with Gasteiger partial charge in [-0.15, -0.1) is 0 Å². The lowest BCUT2D eigenvalue weighted by molar-refractivity contribution is -0.369. The minimum Gasteiger partial charge on any atom is -0.394 e. The summed E-state index contributed by atoms with van der Waals surface area (Å²) in [5.74, 6) is -0.385. The molecule has 5 N–H and O–H groups in total. The second-order valence-electron chi connectivity index (χ2n) is 6.73. The average molecular weight is 346 g/mol. The van der Waals surface area contributed by atoms with Gasteiger partial charge in [-0.1, -0.05) is 12.2 Å². The summed E-state index contributed by atoms with van der Waals surface area (Å²) in [5.41, 5.74) is 0. The van der Waals surface area contributed by atoms with Crippen LogP contribution in [0, 0.1) is 17.8 Å². The molecule has 4 aliphatic heterocycles. The van der Waals surface area contributed by atoms with Gasteiger partial charge in [-0.05, 0) is 5.92 Å². The predicted molar refractivity (Wildman–Crippen MR) is 74.8 cm³/mol. The molecule has 9 heteroatoms. The molecular weight excluding hydrogens is 324 g/mol. The van der Waals surface area contributed by atoms with Gasteiger partial charge in [0, 0.05) is 18.3 Å². The van der Waals surface area contributed by atoms with Gasteiger partial charge in [-0.3, -0.25) is 0 Å². The highest BCUT2D eigenvalue weighted by Crippen LogP contribution is 2.48. The van der Waals surface area contributed by atoms with E-state index in [1.165, 1.54) is 0 Å². The van der Waals surface area contributed by atoms with E-state index in [1.807, 2.05) is 12.2 Å². The second-order valence-corrected chi connectivity index (χ2v) is 6.73. The quantitative estimate of drug-likeness (QED) is 0.355. The summed E-state index contributed by atoms with van der Waals surface area (Å²) in [4.78, 5) is 0. The van der Waals surface area contributed by atoms with Crippen molar-refractivity contribution in [3.63, 3.8) is 0 Å². The van der Waals surface area contributed by atoms with Crippen molar-refractivity contribution in [1.29, 1.82) is 0 Å². The van der Waals surface area contributed by atoms with E-state index in [0.717, 1.165) is 0 Å². The molecule has 11 atom stereocenters. The number of aliphatic hydroxyl groups excluding tert-OH is 5. The van der Waals surface area contributed by atoms with Crippen LogP contribution in [0.15, 0.2) is 12.2 Å². The molecule has 1 aliphatic carbocycles. The summed E-state index contributed by atoms with van der Waals surface area (Å²) in [7, 11) is 0. The molecule has 0 aromatic rings. The number of hydrogen-bond acceptors (Lipinski definition) is 9. The Kier molecular flexibility index (Phi) is 4.40. The Labute approximate surface area is 138 Å². The van der Waals surface area contributed by atoms with Crippen LogP contribution in [0.4, 0.5) is 0 Å². The first-order valence-corrected chi connectivity index (χ1v) is 8.13. The summed E-state index contributed by atoms with van der Waals surface area (Å²) in [6.45, 7) is -0.531. The highest BCUT2D eigenvalue weighted by molar-refractivity contribution is 5.11.